The van der Waals surface area contributed by atoms with E-state index >= 15 is 0 Å². The molecule has 0 saturated carbocycles. The van der Waals surface area contributed by atoms with Crippen molar-refractivity contribution in [3.63, 3.8) is 0 Å². The molecule has 0 bridgehead atoms. The number of hydrogen-bond donors (Lipinski definition) is 1. The van der Waals surface area contributed by atoms with Crippen molar-refractivity contribution >= 4 is 0 Å². The van der Waals surface area contributed by atoms with Crippen molar-refractivity contribution in [1.29, 1.82) is 0 Å². The molecule has 4 atom stereocenters. The molecule has 23 heavy (non-hydrogen) atoms. The van der Waals surface area contributed by atoms with Crippen molar-refractivity contribution in [3.05, 3.63) is 0 Å². The van der Waals surface area contributed by atoms with Gasteiger partial charge >= 0.3 is 12.4 Å². The van der Waals surface area contributed by atoms with Gasteiger partial charge in [-0.1, -0.05) is 0 Å². The largest absolute Gasteiger partial charge is 0.430 e. The average Bonchev–Trinajstić information content (AvgIpc) is 2.23. The van der Waals surface area contributed by atoms with E-state index in [9.17, 15) is 43.9 Å². The molecule has 0 spiro atoms. The lowest BCUT2D eigenvalue weighted by Gasteiger charge is -2.37. The Bertz CT molecular complexity index is 391. The molecule has 0 aliphatic heterocycles. The number of aliphatic hydroxyl groups is 1. The molecule has 0 saturated heterocycles. The topological polar surface area (TPSA) is 29.5 Å². The van der Waals surface area contributed by atoms with Gasteiger partial charge in [0.25, 0.3) is 5.67 Å². The number of halogens is 10. The van der Waals surface area contributed by atoms with Crippen LogP contribution in [0.5, 0.6) is 0 Å². The number of rotatable bonds is 6. The van der Waals surface area contributed by atoms with Gasteiger partial charge in [0.05, 0.1) is 13.2 Å². The standard InChI is InChI=1S/C11H14F10O2/c1-6(12,7(2,13)10(16,17)18)4-23-5-9(15,8(3,14)22)11(19,20)21/h22H,4-5H2,1-3H3. The van der Waals surface area contributed by atoms with Crippen molar-refractivity contribution in [2.75, 3.05) is 13.2 Å². The minimum absolute atomic E-state index is 0.0293. The van der Waals surface area contributed by atoms with E-state index in [1.807, 2.05) is 0 Å². The minimum atomic E-state index is -6.03. The molecule has 0 heterocycles. The fourth-order valence-electron chi connectivity index (χ4n) is 1.29. The zero-order valence-corrected chi connectivity index (χ0v) is 12.0. The molecule has 12 heteroatoms. The Hall–Kier alpha value is -0.780. The summed E-state index contributed by atoms with van der Waals surface area (Å²) in [6.45, 7) is -4.77. The smallest absolute Gasteiger partial charge is 0.374 e. The number of alkyl halides is 10. The summed E-state index contributed by atoms with van der Waals surface area (Å²) in [6.07, 6.45) is -11.8. The van der Waals surface area contributed by atoms with E-state index in [1.165, 1.54) is 0 Å². The summed E-state index contributed by atoms with van der Waals surface area (Å²) in [4.78, 5) is 0. The lowest BCUT2D eigenvalue weighted by atomic mass is 9.89. The molecule has 140 valence electrons. The first-order valence-electron chi connectivity index (χ1n) is 5.90. The van der Waals surface area contributed by atoms with Crippen LogP contribution >= 0.6 is 0 Å². The third-order valence-electron chi connectivity index (χ3n) is 3.36. The minimum Gasteiger partial charge on any atom is -0.374 e. The lowest BCUT2D eigenvalue weighted by Crippen LogP contribution is -2.60. The van der Waals surface area contributed by atoms with Crippen LogP contribution in [-0.4, -0.2) is 53.5 Å². The Labute approximate surface area is 124 Å². The summed E-state index contributed by atoms with van der Waals surface area (Å²) in [5.74, 6) is -4.53. The molecule has 0 aliphatic carbocycles. The molecule has 0 amide bonds. The van der Waals surface area contributed by atoms with Crippen molar-refractivity contribution < 1.29 is 53.7 Å². The first kappa shape index (κ1) is 22.2. The molecular formula is C11H14F10O2. The van der Waals surface area contributed by atoms with Gasteiger partial charge in [0.1, 0.15) is 0 Å². The molecule has 0 fully saturated rings. The predicted molar refractivity (Wildman–Crippen MR) is 57.5 cm³/mol. The zero-order chi connectivity index (χ0) is 19.1. The van der Waals surface area contributed by atoms with E-state index in [4.69, 9.17) is 5.11 Å². The fourth-order valence-corrected chi connectivity index (χ4v) is 1.29. The monoisotopic (exact) mass is 368 g/mol. The molecule has 0 aromatic heterocycles. The fraction of sp³-hybridized carbons (Fsp3) is 1.00. The van der Waals surface area contributed by atoms with Gasteiger partial charge in [-0.15, -0.1) is 0 Å². The highest BCUT2D eigenvalue weighted by atomic mass is 19.4. The molecule has 2 nitrogen and oxygen atoms in total. The van der Waals surface area contributed by atoms with Gasteiger partial charge in [0.15, 0.2) is 5.67 Å². The first-order chi connectivity index (χ1) is 9.71. The summed E-state index contributed by atoms with van der Waals surface area (Å²) in [5, 5.41) is 8.60. The molecule has 0 aliphatic rings. The number of ether oxygens (including phenoxy) is 1. The van der Waals surface area contributed by atoms with Crippen LogP contribution in [0, 0.1) is 0 Å². The number of hydrogen-bond acceptors (Lipinski definition) is 2. The van der Waals surface area contributed by atoms with E-state index in [2.05, 4.69) is 4.74 Å². The second-order valence-corrected chi connectivity index (χ2v) is 5.44. The Kier molecular flexibility index (Phi) is 5.74. The summed E-state index contributed by atoms with van der Waals surface area (Å²) >= 11 is 0. The van der Waals surface area contributed by atoms with Gasteiger partial charge in [0, 0.05) is 0 Å². The Morgan fingerprint density at radius 1 is 0.696 bits per heavy atom. The Morgan fingerprint density at radius 3 is 1.35 bits per heavy atom. The molecule has 0 radical (unpaired) electrons. The van der Waals surface area contributed by atoms with E-state index in [1.54, 1.807) is 0 Å². The van der Waals surface area contributed by atoms with Gasteiger partial charge in [0.2, 0.25) is 11.5 Å². The highest BCUT2D eigenvalue weighted by molar-refractivity contribution is 5.01. The molecule has 1 N–H and O–H groups in total. The maximum absolute atomic E-state index is 13.8. The first-order valence-corrected chi connectivity index (χ1v) is 5.90. The SMILES string of the molecule is CC(O)(F)C(F)(COCC(C)(F)C(C)(F)C(F)(F)F)C(F)(F)F. The van der Waals surface area contributed by atoms with Crippen LogP contribution in [0.1, 0.15) is 20.8 Å². The maximum Gasteiger partial charge on any atom is 0.430 e. The second-order valence-electron chi connectivity index (χ2n) is 5.44. The predicted octanol–water partition coefficient (Wildman–Crippen LogP) is 3.97. The summed E-state index contributed by atoms with van der Waals surface area (Å²) in [5.41, 5.74) is -13.5. The Morgan fingerprint density at radius 2 is 1.09 bits per heavy atom. The highest BCUT2D eigenvalue weighted by Crippen LogP contribution is 2.46. The van der Waals surface area contributed by atoms with Gasteiger partial charge < -0.3 is 9.84 Å². The normalized spacial score (nSPS) is 24.3. The van der Waals surface area contributed by atoms with Crippen LogP contribution in [0.2, 0.25) is 0 Å². The van der Waals surface area contributed by atoms with E-state index in [-0.39, 0.29) is 20.8 Å². The maximum atomic E-state index is 13.8. The van der Waals surface area contributed by atoms with Gasteiger partial charge in [-0.2, -0.15) is 26.3 Å². The van der Waals surface area contributed by atoms with E-state index in [0.717, 1.165) is 0 Å². The van der Waals surface area contributed by atoms with Crippen molar-refractivity contribution in [2.24, 2.45) is 0 Å². The lowest BCUT2D eigenvalue weighted by molar-refractivity contribution is -0.333. The van der Waals surface area contributed by atoms with Crippen LogP contribution < -0.4 is 0 Å². The van der Waals surface area contributed by atoms with E-state index in [0.29, 0.717) is 0 Å². The molecule has 0 rings (SSSR count). The quantitative estimate of drug-likeness (QED) is 0.719. The van der Waals surface area contributed by atoms with E-state index < -0.39 is 48.4 Å². The van der Waals surface area contributed by atoms with Gasteiger partial charge in [-0.05, 0) is 20.8 Å². The van der Waals surface area contributed by atoms with Crippen molar-refractivity contribution in [2.45, 2.75) is 56.0 Å². The van der Waals surface area contributed by atoms with Crippen LogP contribution in [0.4, 0.5) is 43.9 Å². The average molecular weight is 368 g/mol. The van der Waals surface area contributed by atoms with Crippen molar-refractivity contribution in [3.8, 4) is 0 Å². The highest BCUT2D eigenvalue weighted by Gasteiger charge is 2.69. The third-order valence-corrected chi connectivity index (χ3v) is 3.36. The molecule has 4 unspecified atom stereocenters. The third kappa shape index (κ3) is 4.20. The zero-order valence-electron chi connectivity index (χ0n) is 12.0. The summed E-state index contributed by atoms with van der Waals surface area (Å²) in [6, 6.07) is 0. The van der Waals surface area contributed by atoms with Gasteiger partial charge in [-0.3, -0.25) is 0 Å². The summed E-state index contributed by atoms with van der Waals surface area (Å²) in [7, 11) is 0. The molecule has 0 aromatic carbocycles. The van der Waals surface area contributed by atoms with Crippen LogP contribution in [0.25, 0.3) is 0 Å². The summed E-state index contributed by atoms with van der Waals surface area (Å²) < 4.78 is 132. The molecular weight excluding hydrogens is 354 g/mol. The van der Waals surface area contributed by atoms with Crippen LogP contribution in [0.3, 0.4) is 0 Å². The van der Waals surface area contributed by atoms with Crippen LogP contribution in [0.15, 0.2) is 0 Å². The molecule has 0 aromatic rings. The second kappa shape index (κ2) is 5.94. The van der Waals surface area contributed by atoms with Crippen molar-refractivity contribution in [1.82, 2.24) is 0 Å². The van der Waals surface area contributed by atoms with Crippen LogP contribution in [-0.2, 0) is 4.74 Å². The Balaban J connectivity index is 5.20. The van der Waals surface area contributed by atoms with Gasteiger partial charge in [-0.25, -0.2) is 17.6 Å².